The van der Waals surface area contributed by atoms with Crippen LogP contribution in [0.3, 0.4) is 0 Å². The highest BCUT2D eigenvalue weighted by atomic mass is 32.1. The van der Waals surface area contributed by atoms with Crippen LogP contribution in [-0.4, -0.2) is 40.4 Å². The Morgan fingerprint density at radius 3 is 3.00 bits per heavy atom. The zero-order valence-electron chi connectivity index (χ0n) is 16.1. The Kier molecular flexibility index (Phi) is 5.32. The number of hydrogen-bond acceptors (Lipinski definition) is 5. The standard InChI is InChI=1S/C20H28N4O2S/c1-12-6-7-14-15(11-12)27-20-17(14)19(26)22-18(23-20)13(2)21-8-4-10-24-9-3-5-16(24)25/h12-13,21H,3-11H2,1-2H3,(H,22,23,26)/t12-,13+/m1/s1. The van der Waals surface area contributed by atoms with Gasteiger partial charge in [-0.25, -0.2) is 4.98 Å². The Morgan fingerprint density at radius 1 is 1.37 bits per heavy atom. The van der Waals surface area contributed by atoms with Gasteiger partial charge in [0.1, 0.15) is 10.7 Å². The third-order valence-electron chi connectivity index (χ3n) is 5.82. The second kappa shape index (κ2) is 7.72. The van der Waals surface area contributed by atoms with Gasteiger partial charge in [0, 0.05) is 24.4 Å². The molecular formula is C20H28N4O2S. The van der Waals surface area contributed by atoms with Crippen LogP contribution in [0, 0.1) is 5.92 Å². The maximum atomic E-state index is 12.7. The van der Waals surface area contributed by atoms with Crippen LogP contribution in [0.15, 0.2) is 4.79 Å². The normalized spacial score (nSPS) is 21.0. The molecule has 2 aromatic rings. The van der Waals surface area contributed by atoms with E-state index in [0.29, 0.717) is 18.2 Å². The van der Waals surface area contributed by atoms with Gasteiger partial charge in [0.05, 0.1) is 11.4 Å². The van der Waals surface area contributed by atoms with E-state index in [1.165, 1.54) is 10.4 Å². The molecule has 0 unspecified atom stereocenters. The van der Waals surface area contributed by atoms with Gasteiger partial charge in [0.25, 0.3) is 5.56 Å². The molecule has 0 bridgehead atoms. The molecule has 2 N–H and O–H groups in total. The summed E-state index contributed by atoms with van der Waals surface area (Å²) in [5, 5.41) is 4.24. The predicted octanol–water partition coefficient (Wildman–Crippen LogP) is 2.77. The smallest absolute Gasteiger partial charge is 0.259 e. The van der Waals surface area contributed by atoms with Gasteiger partial charge in [-0.3, -0.25) is 9.59 Å². The van der Waals surface area contributed by atoms with E-state index in [2.05, 4.69) is 17.2 Å². The first-order valence-corrected chi connectivity index (χ1v) is 10.9. The minimum atomic E-state index is -0.0190. The van der Waals surface area contributed by atoms with Gasteiger partial charge in [0.2, 0.25) is 5.91 Å². The van der Waals surface area contributed by atoms with Crippen LogP contribution in [0.1, 0.15) is 61.8 Å². The highest BCUT2D eigenvalue weighted by Gasteiger charge is 2.24. The first kappa shape index (κ1) is 18.6. The van der Waals surface area contributed by atoms with Crippen molar-refractivity contribution in [2.24, 2.45) is 5.92 Å². The molecule has 6 nitrogen and oxygen atoms in total. The lowest BCUT2D eigenvalue weighted by molar-refractivity contribution is -0.127. The molecule has 146 valence electrons. The van der Waals surface area contributed by atoms with Crippen LogP contribution >= 0.6 is 11.3 Å². The summed E-state index contributed by atoms with van der Waals surface area (Å²) in [5.41, 5.74) is 1.22. The lowest BCUT2D eigenvalue weighted by Gasteiger charge is -2.17. The number of thiophene rings is 1. The van der Waals surface area contributed by atoms with Crippen LogP contribution in [0.2, 0.25) is 0 Å². The van der Waals surface area contributed by atoms with Crippen molar-refractivity contribution in [2.75, 3.05) is 19.6 Å². The van der Waals surface area contributed by atoms with Gasteiger partial charge < -0.3 is 15.2 Å². The largest absolute Gasteiger partial charge is 0.343 e. The summed E-state index contributed by atoms with van der Waals surface area (Å²) in [6.07, 6.45) is 5.79. The number of aryl methyl sites for hydroxylation is 1. The number of rotatable bonds is 6. The molecule has 4 rings (SSSR count). The molecule has 0 radical (unpaired) electrons. The molecule has 1 aliphatic heterocycles. The van der Waals surface area contributed by atoms with Crippen LogP contribution in [0.5, 0.6) is 0 Å². The van der Waals surface area contributed by atoms with E-state index in [0.717, 1.165) is 62.0 Å². The van der Waals surface area contributed by atoms with E-state index in [4.69, 9.17) is 4.98 Å². The van der Waals surface area contributed by atoms with E-state index in [1.807, 2.05) is 11.8 Å². The maximum absolute atomic E-state index is 12.7. The van der Waals surface area contributed by atoms with Crippen LogP contribution in [0.25, 0.3) is 10.2 Å². The number of amides is 1. The van der Waals surface area contributed by atoms with Crippen LogP contribution in [-0.2, 0) is 17.6 Å². The third kappa shape index (κ3) is 3.80. The predicted molar refractivity (Wildman–Crippen MR) is 108 cm³/mol. The van der Waals surface area contributed by atoms with Gasteiger partial charge in [0.15, 0.2) is 0 Å². The molecule has 1 fully saturated rings. The van der Waals surface area contributed by atoms with Crippen molar-refractivity contribution in [3.8, 4) is 0 Å². The summed E-state index contributed by atoms with van der Waals surface area (Å²) >= 11 is 1.69. The number of nitrogens with zero attached hydrogens (tertiary/aromatic N) is 2. The van der Waals surface area contributed by atoms with Crippen LogP contribution in [0.4, 0.5) is 0 Å². The van der Waals surface area contributed by atoms with E-state index in [-0.39, 0.29) is 17.5 Å². The van der Waals surface area contributed by atoms with Crippen molar-refractivity contribution in [3.05, 3.63) is 26.6 Å². The fourth-order valence-electron chi connectivity index (χ4n) is 4.20. The van der Waals surface area contributed by atoms with E-state index < -0.39 is 0 Å². The Balaban J connectivity index is 1.42. The average molecular weight is 389 g/mol. The van der Waals surface area contributed by atoms with Gasteiger partial charge in [-0.15, -0.1) is 11.3 Å². The Labute approximate surface area is 163 Å². The van der Waals surface area contributed by atoms with Crippen molar-refractivity contribution < 1.29 is 4.79 Å². The quantitative estimate of drug-likeness (QED) is 0.746. The summed E-state index contributed by atoms with van der Waals surface area (Å²) in [6, 6.07) is -0.0190. The summed E-state index contributed by atoms with van der Waals surface area (Å²) in [5.74, 6) is 1.67. The second-order valence-corrected chi connectivity index (χ2v) is 9.08. The van der Waals surface area contributed by atoms with Gasteiger partial charge in [-0.05, 0) is 57.1 Å². The summed E-state index contributed by atoms with van der Waals surface area (Å²) in [4.78, 5) is 36.3. The first-order chi connectivity index (χ1) is 13.0. The highest BCUT2D eigenvalue weighted by Crippen LogP contribution is 2.35. The molecule has 0 spiro atoms. The molecule has 27 heavy (non-hydrogen) atoms. The molecule has 1 saturated heterocycles. The average Bonchev–Trinajstić information content (AvgIpc) is 3.21. The highest BCUT2D eigenvalue weighted by molar-refractivity contribution is 7.18. The van der Waals surface area contributed by atoms with Crippen molar-refractivity contribution >= 4 is 27.5 Å². The first-order valence-electron chi connectivity index (χ1n) is 10.1. The number of aromatic amines is 1. The molecule has 3 heterocycles. The molecular weight excluding hydrogens is 360 g/mol. The molecule has 2 aromatic heterocycles. The Morgan fingerprint density at radius 2 is 2.22 bits per heavy atom. The molecule has 2 atom stereocenters. The number of fused-ring (bicyclic) bond motifs is 3. The fraction of sp³-hybridized carbons (Fsp3) is 0.650. The van der Waals surface area contributed by atoms with E-state index >= 15 is 0 Å². The monoisotopic (exact) mass is 388 g/mol. The zero-order valence-corrected chi connectivity index (χ0v) is 17.0. The molecule has 0 aromatic carbocycles. The summed E-state index contributed by atoms with van der Waals surface area (Å²) in [6.45, 7) is 6.79. The van der Waals surface area contributed by atoms with Crippen molar-refractivity contribution in [2.45, 2.75) is 58.4 Å². The molecule has 0 saturated carbocycles. The molecule has 2 aliphatic rings. The van der Waals surface area contributed by atoms with E-state index in [1.54, 1.807) is 11.3 Å². The topological polar surface area (TPSA) is 78.1 Å². The number of aromatic nitrogens is 2. The van der Waals surface area contributed by atoms with Crippen molar-refractivity contribution in [3.63, 3.8) is 0 Å². The lowest BCUT2D eigenvalue weighted by Crippen LogP contribution is -2.30. The number of carbonyl (C=O) groups excluding carboxylic acids is 1. The molecule has 1 amide bonds. The number of likely N-dealkylation sites (tertiary alicyclic amines) is 1. The van der Waals surface area contributed by atoms with E-state index in [9.17, 15) is 9.59 Å². The molecule has 7 heteroatoms. The minimum absolute atomic E-state index is 0.00151. The van der Waals surface area contributed by atoms with Gasteiger partial charge in [-0.1, -0.05) is 6.92 Å². The third-order valence-corrected chi connectivity index (χ3v) is 6.97. The van der Waals surface area contributed by atoms with Crippen LogP contribution < -0.4 is 10.9 Å². The number of nitrogens with one attached hydrogen (secondary N) is 2. The van der Waals surface area contributed by atoms with Crippen molar-refractivity contribution in [1.82, 2.24) is 20.2 Å². The van der Waals surface area contributed by atoms with Crippen molar-refractivity contribution in [1.29, 1.82) is 0 Å². The zero-order chi connectivity index (χ0) is 19.0. The summed E-state index contributed by atoms with van der Waals surface area (Å²) < 4.78 is 0. The maximum Gasteiger partial charge on any atom is 0.259 e. The SMILES string of the molecule is C[C@@H]1CCc2c(sc3nc([C@H](C)NCCCN4CCCC4=O)[nH]c(=O)c23)C1. The Bertz CT molecular complexity index is 903. The lowest BCUT2D eigenvalue weighted by atomic mass is 9.89. The van der Waals surface area contributed by atoms with Gasteiger partial charge >= 0.3 is 0 Å². The summed E-state index contributed by atoms with van der Waals surface area (Å²) in [7, 11) is 0. The number of H-pyrrole nitrogens is 1. The van der Waals surface area contributed by atoms with Gasteiger partial charge in [-0.2, -0.15) is 0 Å². The number of hydrogen-bond donors (Lipinski definition) is 2. The molecule has 1 aliphatic carbocycles. The minimum Gasteiger partial charge on any atom is -0.343 e. The second-order valence-electron chi connectivity index (χ2n) is 8.00. The number of carbonyl (C=O) groups is 1. The fourth-order valence-corrected chi connectivity index (χ4v) is 5.59. The Hall–Kier alpha value is -1.73.